The molecule has 1 saturated carbocycles. The van der Waals surface area contributed by atoms with Gasteiger partial charge in [-0.2, -0.15) is 0 Å². The van der Waals surface area contributed by atoms with E-state index in [0.29, 0.717) is 19.0 Å². The zero-order valence-corrected chi connectivity index (χ0v) is 18.4. The third-order valence-corrected chi connectivity index (χ3v) is 9.54. The molecule has 1 saturated heterocycles. The van der Waals surface area contributed by atoms with Crippen molar-refractivity contribution >= 4 is 27.1 Å². The molecule has 2 atom stereocenters. The van der Waals surface area contributed by atoms with Crippen LogP contribution >= 0.6 is 11.3 Å². The zero-order valence-electron chi connectivity index (χ0n) is 16.8. The Bertz CT molecular complexity index is 798. The molecule has 7 heteroatoms. The van der Waals surface area contributed by atoms with Gasteiger partial charge < -0.3 is 4.90 Å². The van der Waals surface area contributed by atoms with E-state index in [0.717, 1.165) is 45.1 Å². The monoisotopic (exact) mass is 424 g/mol. The van der Waals surface area contributed by atoms with Gasteiger partial charge in [-0.05, 0) is 49.1 Å². The van der Waals surface area contributed by atoms with Gasteiger partial charge in [0.05, 0.1) is 18.1 Å². The zero-order chi connectivity index (χ0) is 19.7. The third kappa shape index (κ3) is 4.17. The van der Waals surface area contributed by atoms with Crippen LogP contribution in [0, 0.1) is 0 Å². The summed E-state index contributed by atoms with van der Waals surface area (Å²) in [6.45, 7) is 3.53. The molecule has 156 valence electrons. The molecule has 0 radical (unpaired) electrons. The van der Waals surface area contributed by atoms with Crippen LogP contribution in [0.25, 0.3) is 0 Å². The number of carbonyl (C=O) groups is 1. The predicted octanol–water partition coefficient (Wildman–Crippen LogP) is 3.41. The Labute approximate surface area is 173 Å². The molecule has 5 nitrogen and oxygen atoms in total. The van der Waals surface area contributed by atoms with Crippen molar-refractivity contribution in [3.05, 3.63) is 21.9 Å². The van der Waals surface area contributed by atoms with Gasteiger partial charge >= 0.3 is 0 Å². The van der Waals surface area contributed by atoms with Crippen molar-refractivity contribution in [1.82, 2.24) is 9.80 Å². The van der Waals surface area contributed by atoms with Crippen molar-refractivity contribution in [2.75, 3.05) is 24.6 Å². The summed E-state index contributed by atoms with van der Waals surface area (Å²) in [5.41, 5.74) is 1.39. The highest BCUT2D eigenvalue weighted by Gasteiger charge is 2.39. The standard InChI is InChI=1S/C21H32N2O3S2/c1-2-19-18-9-12-27-20(18)8-11-22(19)14-21(24)23(16-6-4-3-5-7-16)17-10-13-28(25,26)15-17/h9,12,16-17,19H,2-8,10-11,13-15H2,1H3/t17-,19+/m1/s1. The minimum absolute atomic E-state index is 0.123. The van der Waals surface area contributed by atoms with E-state index in [1.54, 1.807) is 0 Å². The van der Waals surface area contributed by atoms with Gasteiger partial charge in [0.15, 0.2) is 9.84 Å². The molecule has 0 spiro atoms. The second-order valence-corrected chi connectivity index (χ2v) is 11.8. The molecular weight excluding hydrogens is 392 g/mol. The lowest BCUT2D eigenvalue weighted by molar-refractivity contribution is -0.138. The maximum absolute atomic E-state index is 13.5. The highest BCUT2D eigenvalue weighted by Crippen LogP contribution is 2.36. The Morgan fingerprint density at radius 1 is 1.21 bits per heavy atom. The third-order valence-electron chi connectivity index (χ3n) is 6.79. The summed E-state index contributed by atoms with van der Waals surface area (Å²) in [5, 5.41) is 2.16. The second kappa shape index (κ2) is 8.44. The Kier molecular flexibility index (Phi) is 6.14. The lowest BCUT2D eigenvalue weighted by Gasteiger charge is -2.41. The summed E-state index contributed by atoms with van der Waals surface area (Å²) >= 11 is 1.83. The molecule has 1 aromatic heterocycles. The normalized spacial score (nSPS) is 28.2. The van der Waals surface area contributed by atoms with Crippen molar-refractivity contribution in [3.8, 4) is 0 Å². The largest absolute Gasteiger partial charge is 0.335 e. The van der Waals surface area contributed by atoms with Crippen LogP contribution in [-0.4, -0.2) is 60.8 Å². The smallest absolute Gasteiger partial charge is 0.237 e. The maximum atomic E-state index is 13.5. The Morgan fingerprint density at radius 3 is 2.68 bits per heavy atom. The molecule has 28 heavy (non-hydrogen) atoms. The molecule has 2 fully saturated rings. The molecule has 1 aliphatic carbocycles. The summed E-state index contributed by atoms with van der Waals surface area (Å²) < 4.78 is 24.2. The van der Waals surface area contributed by atoms with Crippen molar-refractivity contribution in [1.29, 1.82) is 0 Å². The number of hydrogen-bond donors (Lipinski definition) is 0. The van der Waals surface area contributed by atoms with Gasteiger partial charge in [0.25, 0.3) is 0 Å². The van der Waals surface area contributed by atoms with E-state index in [9.17, 15) is 13.2 Å². The fourth-order valence-corrected chi connectivity index (χ4v) is 8.07. The van der Waals surface area contributed by atoms with E-state index >= 15 is 0 Å². The van der Waals surface area contributed by atoms with Crippen LogP contribution in [0.3, 0.4) is 0 Å². The van der Waals surface area contributed by atoms with Gasteiger partial charge in [0.2, 0.25) is 5.91 Å². The van der Waals surface area contributed by atoms with Gasteiger partial charge in [0.1, 0.15) is 0 Å². The fourth-order valence-electron chi connectivity index (χ4n) is 5.43. The van der Waals surface area contributed by atoms with Crippen LogP contribution in [0.2, 0.25) is 0 Å². The van der Waals surface area contributed by atoms with Crippen molar-refractivity contribution in [3.63, 3.8) is 0 Å². The number of sulfone groups is 1. The Balaban J connectivity index is 1.52. The lowest BCUT2D eigenvalue weighted by atomic mass is 9.92. The van der Waals surface area contributed by atoms with Gasteiger partial charge in [-0.3, -0.25) is 9.69 Å². The lowest BCUT2D eigenvalue weighted by Crippen LogP contribution is -2.52. The quantitative estimate of drug-likeness (QED) is 0.727. The fraction of sp³-hybridized carbons (Fsp3) is 0.762. The number of carbonyl (C=O) groups excluding carboxylic acids is 1. The van der Waals surface area contributed by atoms with Crippen molar-refractivity contribution < 1.29 is 13.2 Å². The first-order valence-corrected chi connectivity index (χ1v) is 13.5. The number of fused-ring (bicyclic) bond motifs is 1. The average Bonchev–Trinajstić information content (AvgIpc) is 3.29. The van der Waals surface area contributed by atoms with Gasteiger partial charge in [0, 0.05) is 29.5 Å². The van der Waals surface area contributed by atoms with Gasteiger partial charge in [-0.25, -0.2) is 8.42 Å². The minimum Gasteiger partial charge on any atom is -0.335 e. The molecule has 2 aliphatic heterocycles. The van der Waals surface area contributed by atoms with Crippen molar-refractivity contribution in [2.45, 2.75) is 76.4 Å². The predicted molar refractivity (Wildman–Crippen MR) is 113 cm³/mol. The molecule has 4 rings (SSSR count). The highest BCUT2D eigenvalue weighted by molar-refractivity contribution is 7.91. The number of nitrogens with zero attached hydrogens (tertiary/aromatic N) is 2. The molecule has 3 aliphatic rings. The highest BCUT2D eigenvalue weighted by atomic mass is 32.2. The molecule has 1 aromatic rings. The number of thiophene rings is 1. The molecule has 1 amide bonds. The number of rotatable bonds is 5. The van der Waals surface area contributed by atoms with Crippen LogP contribution < -0.4 is 0 Å². The SMILES string of the molecule is CC[C@H]1c2ccsc2CCN1CC(=O)N(C1CCCCC1)[C@@H]1CCS(=O)(=O)C1. The van der Waals surface area contributed by atoms with Crippen molar-refractivity contribution in [2.24, 2.45) is 0 Å². The van der Waals surface area contributed by atoms with E-state index in [1.807, 2.05) is 16.2 Å². The van der Waals surface area contributed by atoms with E-state index in [1.165, 1.54) is 16.9 Å². The van der Waals surface area contributed by atoms with Crippen LogP contribution in [0.4, 0.5) is 0 Å². The number of amides is 1. The minimum atomic E-state index is -3.00. The Morgan fingerprint density at radius 2 is 2.00 bits per heavy atom. The average molecular weight is 425 g/mol. The van der Waals surface area contributed by atoms with E-state index in [-0.39, 0.29) is 29.5 Å². The van der Waals surface area contributed by atoms with E-state index in [4.69, 9.17) is 0 Å². The number of hydrogen-bond acceptors (Lipinski definition) is 5. The topological polar surface area (TPSA) is 57.7 Å². The molecule has 0 N–H and O–H groups in total. The maximum Gasteiger partial charge on any atom is 0.237 e. The first kappa shape index (κ1) is 20.4. The summed E-state index contributed by atoms with van der Waals surface area (Å²) in [4.78, 5) is 19.3. The van der Waals surface area contributed by atoms with Crippen LogP contribution in [0.5, 0.6) is 0 Å². The molecule has 0 bridgehead atoms. The van der Waals surface area contributed by atoms with Crippen LogP contribution in [-0.2, 0) is 21.1 Å². The molecule has 0 unspecified atom stereocenters. The summed E-state index contributed by atoms with van der Waals surface area (Å²) in [7, 11) is -3.00. The summed E-state index contributed by atoms with van der Waals surface area (Å²) in [6, 6.07) is 2.62. The second-order valence-electron chi connectivity index (χ2n) is 8.59. The first-order valence-electron chi connectivity index (χ1n) is 10.8. The van der Waals surface area contributed by atoms with Gasteiger partial charge in [-0.15, -0.1) is 11.3 Å². The van der Waals surface area contributed by atoms with E-state index < -0.39 is 9.84 Å². The Hall–Kier alpha value is -0.920. The molecular formula is C21H32N2O3S2. The molecule has 3 heterocycles. The summed E-state index contributed by atoms with van der Waals surface area (Å²) in [6.07, 6.45) is 8.18. The van der Waals surface area contributed by atoms with E-state index in [2.05, 4.69) is 23.3 Å². The van der Waals surface area contributed by atoms with Crippen LogP contribution in [0.15, 0.2) is 11.4 Å². The van der Waals surface area contributed by atoms with Crippen LogP contribution in [0.1, 0.15) is 68.4 Å². The summed E-state index contributed by atoms with van der Waals surface area (Å²) in [5.74, 6) is 0.528. The van der Waals surface area contributed by atoms with Gasteiger partial charge in [-0.1, -0.05) is 26.2 Å². The molecule has 0 aromatic carbocycles. The first-order chi connectivity index (χ1) is 13.5.